The normalized spacial score (nSPS) is 18.8. The van der Waals surface area contributed by atoms with Crippen LogP contribution in [0.15, 0.2) is 58.7 Å². The first-order valence-corrected chi connectivity index (χ1v) is 15.2. The van der Waals surface area contributed by atoms with E-state index < -0.39 is 11.6 Å². The Balaban J connectivity index is 0.000000722. The van der Waals surface area contributed by atoms with Gasteiger partial charge in [-0.25, -0.2) is 9.18 Å². The van der Waals surface area contributed by atoms with Crippen molar-refractivity contribution in [2.24, 2.45) is 16.8 Å². The number of alkyl halides is 1. The molecule has 2 aromatic rings. The summed E-state index contributed by atoms with van der Waals surface area (Å²) in [6, 6.07) is 14.6. The summed E-state index contributed by atoms with van der Waals surface area (Å²) in [6.45, 7) is 14.8. The molecule has 2 aromatic carbocycles. The van der Waals surface area contributed by atoms with Crippen LogP contribution in [0.4, 0.5) is 4.39 Å². The Labute approximate surface area is 243 Å². The molecule has 0 saturated heterocycles. The molecule has 0 radical (unpaired) electrons. The van der Waals surface area contributed by atoms with Crippen molar-refractivity contribution in [2.75, 3.05) is 0 Å². The van der Waals surface area contributed by atoms with Crippen molar-refractivity contribution in [3.05, 3.63) is 81.6 Å². The first-order chi connectivity index (χ1) is 18.9. The summed E-state index contributed by atoms with van der Waals surface area (Å²) in [6.07, 6.45) is 10.4. The predicted molar refractivity (Wildman–Crippen MR) is 168 cm³/mol. The highest BCUT2D eigenvalue weighted by Crippen LogP contribution is 2.37. The Morgan fingerprint density at radius 1 is 0.950 bits per heavy atom. The van der Waals surface area contributed by atoms with E-state index in [9.17, 15) is 14.3 Å². The van der Waals surface area contributed by atoms with Crippen LogP contribution in [0.3, 0.4) is 0 Å². The number of benzene rings is 2. The van der Waals surface area contributed by atoms with Gasteiger partial charge in [-0.1, -0.05) is 81.1 Å². The molecule has 1 aliphatic heterocycles. The van der Waals surface area contributed by atoms with Crippen LogP contribution in [0, 0.1) is 25.7 Å². The van der Waals surface area contributed by atoms with Crippen LogP contribution in [0.2, 0.25) is 0 Å². The maximum absolute atomic E-state index is 11.7. The molecule has 40 heavy (non-hydrogen) atoms. The molecular weight excluding hydrogens is 497 g/mol. The summed E-state index contributed by atoms with van der Waals surface area (Å²) in [7, 11) is 0. The second kappa shape index (κ2) is 15.9. The Hall–Kier alpha value is -2.75. The SMILES string of the molecule is CC.CC(C)(C)F.CC1=C(CCC2CCCC(CCc3cccc(C)c3C(=O)O)C2)N=C(c2ccc(C)cc2)C1. The quantitative estimate of drug-likeness (QED) is 0.356. The largest absolute Gasteiger partial charge is 0.478 e. The van der Waals surface area contributed by atoms with Gasteiger partial charge in [0.05, 0.1) is 11.3 Å². The smallest absolute Gasteiger partial charge is 0.336 e. The van der Waals surface area contributed by atoms with Crippen LogP contribution < -0.4 is 0 Å². The number of hydrogen-bond donors (Lipinski definition) is 1. The van der Waals surface area contributed by atoms with Crippen LogP contribution in [-0.4, -0.2) is 22.5 Å². The van der Waals surface area contributed by atoms with Crippen molar-refractivity contribution in [3.8, 4) is 0 Å². The number of carboxylic acids is 1. The second-order valence-electron chi connectivity index (χ2n) is 12.3. The zero-order valence-corrected chi connectivity index (χ0v) is 26.2. The third-order valence-electron chi connectivity index (χ3n) is 7.66. The molecule has 2 atom stereocenters. The van der Waals surface area contributed by atoms with Gasteiger partial charge in [-0.2, -0.15) is 0 Å². The number of aliphatic imine (C=N–C) groups is 1. The zero-order valence-electron chi connectivity index (χ0n) is 26.2. The number of halogens is 1. The van der Waals surface area contributed by atoms with E-state index in [-0.39, 0.29) is 0 Å². The number of aromatic carboxylic acids is 1. The van der Waals surface area contributed by atoms with Crippen LogP contribution >= 0.6 is 0 Å². The van der Waals surface area contributed by atoms with E-state index >= 15 is 0 Å². The minimum Gasteiger partial charge on any atom is -0.478 e. The van der Waals surface area contributed by atoms with Crippen molar-refractivity contribution in [1.82, 2.24) is 0 Å². The van der Waals surface area contributed by atoms with Crippen molar-refractivity contribution < 1.29 is 14.3 Å². The molecule has 3 nitrogen and oxygen atoms in total. The van der Waals surface area contributed by atoms with Gasteiger partial charge in [0.25, 0.3) is 0 Å². The first-order valence-electron chi connectivity index (χ1n) is 15.2. The summed E-state index contributed by atoms with van der Waals surface area (Å²) in [5, 5.41) is 9.61. The van der Waals surface area contributed by atoms with Crippen molar-refractivity contribution in [1.29, 1.82) is 0 Å². The van der Waals surface area contributed by atoms with Crippen LogP contribution in [-0.2, 0) is 6.42 Å². The third kappa shape index (κ3) is 11.0. The maximum Gasteiger partial charge on any atom is 0.336 e. The van der Waals surface area contributed by atoms with E-state index in [1.807, 2.05) is 39.0 Å². The van der Waals surface area contributed by atoms with E-state index in [2.05, 4.69) is 38.1 Å². The molecule has 0 amide bonds. The molecule has 2 aliphatic rings. The second-order valence-corrected chi connectivity index (χ2v) is 12.3. The minimum atomic E-state index is -1.00. The Bertz CT molecular complexity index is 1150. The first kappa shape index (κ1) is 33.5. The molecule has 220 valence electrons. The molecule has 4 heteroatoms. The average Bonchev–Trinajstić information content (AvgIpc) is 3.27. The number of allylic oxidation sites excluding steroid dienone is 2. The number of nitrogens with zero attached hydrogens (tertiary/aromatic N) is 1. The number of rotatable bonds is 8. The fourth-order valence-electron chi connectivity index (χ4n) is 5.70. The third-order valence-corrected chi connectivity index (χ3v) is 7.66. The van der Waals surface area contributed by atoms with Gasteiger partial charge < -0.3 is 5.11 Å². The summed E-state index contributed by atoms with van der Waals surface area (Å²) in [4.78, 5) is 16.7. The van der Waals surface area contributed by atoms with Crippen molar-refractivity contribution in [2.45, 2.75) is 119 Å². The summed E-state index contributed by atoms with van der Waals surface area (Å²) in [5.74, 6) is 0.672. The maximum atomic E-state index is 11.7. The van der Waals surface area contributed by atoms with Gasteiger partial charge in [-0.3, -0.25) is 4.99 Å². The summed E-state index contributed by atoms with van der Waals surface area (Å²) < 4.78 is 11.7. The van der Waals surface area contributed by atoms with Gasteiger partial charge in [0.15, 0.2) is 0 Å². The fourth-order valence-corrected chi connectivity index (χ4v) is 5.70. The zero-order chi connectivity index (χ0) is 29.9. The lowest BCUT2D eigenvalue weighted by Gasteiger charge is -2.29. The Morgan fingerprint density at radius 3 is 2.10 bits per heavy atom. The minimum absolute atomic E-state index is 0.510. The van der Waals surface area contributed by atoms with Gasteiger partial charge in [0, 0.05) is 12.1 Å². The molecule has 1 N–H and O–H groups in total. The monoisotopic (exact) mass is 549 g/mol. The molecule has 4 rings (SSSR count). The van der Waals surface area contributed by atoms with Gasteiger partial charge in [-0.05, 0) is 108 Å². The van der Waals surface area contributed by atoms with E-state index in [4.69, 9.17) is 4.99 Å². The standard InChI is InChI=1S/C30H37NO2.C4H9F.C2H6/c1-20-10-14-25(15-11-20)28-18-22(3)27(31-28)17-13-24-8-5-7-23(19-24)12-16-26-9-4-6-21(2)29(26)30(32)33;1-4(2,3)5;1-2/h4,6,9-11,14-15,23-24H,5,7-8,12-13,16-19H2,1-3H3,(H,32,33);1-3H3;1-2H3. The van der Waals surface area contributed by atoms with Crippen molar-refractivity contribution >= 4 is 11.7 Å². The molecule has 1 fully saturated rings. The molecule has 0 aromatic heterocycles. The number of hydrogen-bond acceptors (Lipinski definition) is 2. The van der Waals surface area contributed by atoms with Crippen LogP contribution in [0.25, 0.3) is 0 Å². The molecular formula is C36H52FNO2. The fraction of sp³-hybridized carbons (Fsp3) is 0.556. The Morgan fingerprint density at radius 2 is 1.52 bits per heavy atom. The van der Waals surface area contributed by atoms with E-state index in [1.165, 1.54) is 81.0 Å². The average molecular weight is 550 g/mol. The number of carboxylic acid groups (broad SMARTS) is 1. The molecule has 0 spiro atoms. The van der Waals surface area contributed by atoms with Gasteiger partial charge in [0.2, 0.25) is 0 Å². The predicted octanol–water partition coefficient (Wildman–Crippen LogP) is 10.5. The lowest BCUT2D eigenvalue weighted by Crippen LogP contribution is -2.17. The van der Waals surface area contributed by atoms with Gasteiger partial charge in [0.1, 0.15) is 5.67 Å². The van der Waals surface area contributed by atoms with Gasteiger partial charge in [-0.15, -0.1) is 0 Å². The lowest BCUT2D eigenvalue weighted by atomic mass is 9.76. The van der Waals surface area contributed by atoms with Crippen LogP contribution in [0.5, 0.6) is 0 Å². The summed E-state index contributed by atoms with van der Waals surface area (Å²) >= 11 is 0. The highest BCUT2D eigenvalue weighted by atomic mass is 19.1. The highest BCUT2D eigenvalue weighted by molar-refractivity contribution is 6.04. The van der Waals surface area contributed by atoms with Gasteiger partial charge >= 0.3 is 5.97 Å². The van der Waals surface area contributed by atoms with E-state index in [1.54, 1.807) is 0 Å². The van der Waals surface area contributed by atoms with E-state index in [0.717, 1.165) is 42.7 Å². The molecule has 2 unspecified atom stereocenters. The molecule has 0 bridgehead atoms. The molecule has 1 saturated carbocycles. The Kier molecular flexibility index (Phi) is 13.3. The highest BCUT2D eigenvalue weighted by Gasteiger charge is 2.24. The number of aryl methyl sites for hydroxylation is 3. The summed E-state index contributed by atoms with van der Waals surface area (Å²) in [5.41, 5.74) is 7.87. The topological polar surface area (TPSA) is 49.7 Å². The lowest BCUT2D eigenvalue weighted by molar-refractivity contribution is 0.0694. The van der Waals surface area contributed by atoms with Crippen LogP contribution in [0.1, 0.15) is 126 Å². The van der Waals surface area contributed by atoms with Crippen molar-refractivity contribution in [3.63, 3.8) is 0 Å². The molecule has 1 heterocycles. The van der Waals surface area contributed by atoms with E-state index in [0.29, 0.717) is 11.5 Å². The molecule has 1 aliphatic carbocycles. The number of carbonyl (C=O) groups is 1.